The number of urea groups is 1. The smallest absolute Gasteiger partial charge is 0.315 e. The Morgan fingerprint density at radius 1 is 1.42 bits per heavy atom. The van der Waals surface area contributed by atoms with Crippen molar-refractivity contribution in [3.63, 3.8) is 0 Å². The minimum atomic E-state index is -0.897. The lowest BCUT2D eigenvalue weighted by Gasteiger charge is -2.16. The lowest BCUT2D eigenvalue weighted by Crippen LogP contribution is -2.44. The van der Waals surface area contributed by atoms with Gasteiger partial charge in [0.25, 0.3) is 0 Å². The zero-order valence-electron chi connectivity index (χ0n) is 11.5. The Kier molecular flexibility index (Phi) is 7.25. The maximum absolute atomic E-state index is 11.5. The van der Waals surface area contributed by atoms with E-state index < -0.39 is 5.97 Å². The second kappa shape index (κ2) is 8.74. The molecule has 0 radical (unpaired) electrons. The van der Waals surface area contributed by atoms with Gasteiger partial charge in [0.1, 0.15) is 0 Å². The van der Waals surface area contributed by atoms with Crippen molar-refractivity contribution < 1.29 is 19.4 Å². The van der Waals surface area contributed by atoms with Crippen LogP contribution in [0.5, 0.6) is 0 Å². The van der Waals surface area contributed by atoms with Gasteiger partial charge in [0, 0.05) is 19.2 Å². The summed E-state index contributed by atoms with van der Waals surface area (Å²) in [6, 6.07) is -0.635. The van der Waals surface area contributed by atoms with E-state index in [-0.39, 0.29) is 18.5 Å². The lowest BCUT2D eigenvalue weighted by atomic mass is 10.1. The molecule has 6 heteroatoms. The van der Waals surface area contributed by atoms with E-state index in [2.05, 4.69) is 10.6 Å². The highest BCUT2D eigenvalue weighted by molar-refractivity contribution is 5.75. The molecule has 0 aromatic heterocycles. The molecule has 0 heterocycles. The third-order valence-corrected chi connectivity index (χ3v) is 2.98. The van der Waals surface area contributed by atoms with Gasteiger partial charge in [-0.3, -0.25) is 4.79 Å². The van der Waals surface area contributed by atoms with E-state index in [0.29, 0.717) is 19.6 Å². The fourth-order valence-electron chi connectivity index (χ4n) is 1.79. The number of rotatable bonds is 10. The van der Waals surface area contributed by atoms with E-state index in [9.17, 15) is 9.59 Å². The first-order valence-electron chi connectivity index (χ1n) is 6.95. The van der Waals surface area contributed by atoms with Crippen molar-refractivity contribution in [1.29, 1.82) is 0 Å². The van der Waals surface area contributed by atoms with Gasteiger partial charge in [-0.25, -0.2) is 4.79 Å². The van der Waals surface area contributed by atoms with Gasteiger partial charge in [0.2, 0.25) is 0 Å². The molecule has 1 aliphatic carbocycles. The van der Waals surface area contributed by atoms with Crippen LogP contribution in [0.4, 0.5) is 4.79 Å². The standard InChI is InChI=1S/C13H24N2O4/c1-2-3-11(8-12(16)17)15-13(18)14-6-7-19-9-10-4-5-10/h10-11H,2-9H2,1H3,(H,16,17)(H2,14,15,18). The number of carbonyl (C=O) groups excluding carboxylic acids is 1. The van der Waals surface area contributed by atoms with E-state index in [1.165, 1.54) is 12.8 Å². The quantitative estimate of drug-likeness (QED) is 0.524. The summed E-state index contributed by atoms with van der Waals surface area (Å²) in [5.41, 5.74) is 0. The Labute approximate surface area is 113 Å². The van der Waals surface area contributed by atoms with Crippen LogP contribution in [0.3, 0.4) is 0 Å². The van der Waals surface area contributed by atoms with Gasteiger partial charge in [-0.15, -0.1) is 0 Å². The van der Waals surface area contributed by atoms with Gasteiger partial charge in [-0.1, -0.05) is 13.3 Å². The first-order valence-corrected chi connectivity index (χ1v) is 6.95. The van der Waals surface area contributed by atoms with Gasteiger partial charge >= 0.3 is 12.0 Å². The molecule has 6 nitrogen and oxygen atoms in total. The van der Waals surface area contributed by atoms with Crippen molar-refractivity contribution in [2.75, 3.05) is 19.8 Å². The summed E-state index contributed by atoms with van der Waals surface area (Å²) in [7, 11) is 0. The molecule has 1 fully saturated rings. The molecule has 1 atom stereocenters. The second-order valence-corrected chi connectivity index (χ2v) is 5.00. The van der Waals surface area contributed by atoms with Crippen molar-refractivity contribution in [2.45, 2.75) is 45.1 Å². The molecule has 0 spiro atoms. The normalized spacial score (nSPS) is 15.8. The molecule has 1 unspecified atom stereocenters. The van der Waals surface area contributed by atoms with Crippen LogP contribution in [0.2, 0.25) is 0 Å². The predicted molar refractivity (Wildman–Crippen MR) is 71.0 cm³/mol. The Hall–Kier alpha value is -1.30. The van der Waals surface area contributed by atoms with Gasteiger partial charge < -0.3 is 20.5 Å². The number of carboxylic acid groups (broad SMARTS) is 1. The van der Waals surface area contributed by atoms with Gasteiger partial charge in [0.15, 0.2) is 0 Å². The van der Waals surface area contributed by atoms with Crippen molar-refractivity contribution in [3.8, 4) is 0 Å². The first-order chi connectivity index (χ1) is 9.11. The highest BCUT2D eigenvalue weighted by Gasteiger charge is 2.21. The maximum atomic E-state index is 11.5. The van der Waals surface area contributed by atoms with Crippen LogP contribution in [0, 0.1) is 5.92 Å². The van der Waals surface area contributed by atoms with E-state index in [1.54, 1.807) is 0 Å². The molecule has 1 rings (SSSR count). The zero-order chi connectivity index (χ0) is 14.1. The van der Waals surface area contributed by atoms with Crippen LogP contribution in [0.1, 0.15) is 39.0 Å². The average molecular weight is 272 g/mol. The van der Waals surface area contributed by atoms with Crippen LogP contribution in [0.15, 0.2) is 0 Å². The first kappa shape index (κ1) is 15.8. The Morgan fingerprint density at radius 2 is 2.16 bits per heavy atom. The summed E-state index contributed by atoms with van der Waals surface area (Å²) in [6.07, 6.45) is 3.96. The Balaban J connectivity index is 2.06. The molecule has 0 bridgehead atoms. The SMILES string of the molecule is CCCC(CC(=O)O)NC(=O)NCCOCC1CC1. The van der Waals surface area contributed by atoms with E-state index in [1.807, 2.05) is 6.92 Å². The van der Waals surface area contributed by atoms with Crippen LogP contribution in [-0.4, -0.2) is 42.9 Å². The number of amides is 2. The van der Waals surface area contributed by atoms with Crippen molar-refractivity contribution in [1.82, 2.24) is 10.6 Å². The van der Waals surface area contributed by atoms with E-state index in [4.69, 9.17) is 9.84 Å². The topological polar surface area (TPSA) is 87.7 Å². The largest absolute Gasteiger partial charge is 0.481 e. The summed E-state index contributed by atoms with van der Waals surface area (Å²) in [6.45, 7) is 3.69. The van der Waals surface area contributed by atoms with Gasteiger partial charge in [-0.2, -0.15) is 0 Å². The highest BCUT2D eigenvalue weighted by Crippen LogP contribution is 2.28. The monoisotopic (exact) mass is 272 g/mol. The molecule has 0 aliphatic heterocycles. The number of aliphatic carboxylic acids is 1. The molecular formula is C13H24N2O4. The number of ether oxygens (including phenoxy) is 1. The second-order valence-electron chi connectivity index (χ2n) is 5.00. The fraction of sp³-hybridized carbons (Fsp3) is 0.846. The van der Waals surface area contributed by atoms with Gasteiger partial charge in [0.05, 0.1) is 13.0 Å². The molecule has 0 aromatic carbocycles. The summed E-state index contributed by atoms with van der Waals surface area (Å²) in [5.74, 6) is -0.176. The Morgan fingerprint density at radius 3 is 2.74 bits per heavy atom. The Bertz CT molecular complexity index is 292. The lowest BCUT2D eigenvalue weighted by molar-refractivity contribution is -0.137. The molecule has 1 saturated carbocycles. The molecule has 0 aromatic rings. The zero-order valence-corrected chi connectivity index (χ0v) is 11.5. The molecule has 1 aliphatic rings. The summed E-state index contributed by atoms with van der Waals surface area (Å²) < 4.78 is 5.39. The van der Waals surface area contributed by atoms with Crippen molar-refractivity contribution >= 4 is 12.0 Å². The number of carboxylic acids is 1. The predicted octanol–water partition coefficient (Wildman–Crippen LogP) is 1.36. The van der Waals surface area contributed by atoms with Crippen LogP contribution in [0.25, 0.3) is 0 Å². The molecule has 0 saturated heterocycles. The van der Waals surface area contributed by atoms with E-state index in [0.717, 1.165) is 18.9 Å². The number of hydrogen-bond acceptors (Lipinski definition) is 3. The molecular weight excluding hydrogens is 248 g/mol. The number of carbonyl (C=O) groups is 2. The summed E-state index contributed by atoms with van der Waals surface area (Å²) in [5, 5.41) is 14.1. The van der Waals surface area contributed by atoms with Crippen molar-refractivity contribution in [2.24, 2.45) is 5.92 Å². The highest BCUT2D eigenvalue weighted by atomic mass is 16.5. The van der Waals surface area contributed by atoms with Gasteiger partial charge in [-0.05, 0) is 25.2 Å². The minimum Gasteiger partial charge on any atom is -0.481 e. The third kappa shape index (κ3) is 8.42. The minimum absolute atomic E-state index is 0.0422. The van der Waals surface area contributed by atoms with E-state index >= 15 is 0 Å². The van der Waals surface area contributed by atoms with Crippen LogP contribution >= 0.6 is 0 Å². The average Bonchev–Trinajstić information content (AvgIpc) is 3.12. The number of hydrogen-bond donors (Lipinski definition) is 3. The number of nitrogens with one attached hydrogen (secondary N) is 2. The molecule has 3 N–H and O–H groups in total. The maximum Gasteiger partial charge on any atom is 0.315 e. The van der Waals surface area contributed by atoms with Crippen LogP contribution in [-0.2, 0) is 9.53 Å². The summed E-state index contributed by atoms with van der Waals surface area (Å²) in [4.78, 5) is 22.2. The van der Waals surface area contributed by atoms with Crippen molar-refractivity contribution in [3.05, 3.63) is 0 Å². The fourth-order valence-corrected chi connectivity index (χ4v) is 1.79. The molecule has 110 valence electrons. The summed E-state index contributed by atoms with van der Waals surface area (Å²) >= 11 is 0. The molecule has 2 amide bonds. The van der Waals surface area contributed by atoms with Crippen LogP contribution < -0.4 is 10.6 Å². The third-order valence-electron chi connectivity index (χ3n) is 2.98. The molecule has 19 heavy (non-hydrogen) atoms.